The van der Waals surface area contributed by atoms with Crippen molar-refractivity contribution in [1.82, 2.24) is 5.32 Å². The van der Waals surface area contributed by atoms with E-state index >= 15 is 0 Å². The molecule has 0 unspecified atom stereocenters. The lowest BCUT2D eigenvalue weighted by Crippen LogP contribution is -2.41. The Morgan fingerprint density at radius 1 is 1.17 bits per heavy atom. The Hall–Kier alpha value is -0.600. The number of rotatable bonds is 4. The smallest absolute Gasteiger partial charge is 0.142 e. The van der Waals surface area contributed by atoms with Gasteiger partial charge in [-0.2, -0.15) is 0 Å². The topological polar surface area (TPSA) is 12.0 Å². The summed E-state index contributed by atoms with van der Waals surface area (Å²) >= 11 is 5.94. The van der Waals surface area contributed by atoms with E-state index in [-0.39, 0.29) is 21.8 Å². The first kappa shape index (κ1) is 15.5. The molecule has 0 aromatic heterocycles. The van der Waals surface area contributed by atoms with E-state index in [4.69, 9.17) is 11.6 Å². The third-order valence-electron chi connectivity index (χ3n) is 2.76. The molecule has 0 atom stereocenters. The molecule has 0 saturated heterocycles. The highest BCUT2D eigenvalue weighted by Crippen LogP contribution is 2.27. The predicted octanol–water partition coefficient (Wildman–Crippen LogP) is 4.78. The van der Waals surface area contributed by atoms with Gasteiger partial charge in [0.15, 0.2) is 0 Å². The molecule has 0 aliphatic rings. The van der Waals surface area contributed by atoms with Crippen LogP contribution in [0.15, 0.2) is 18.2 Å². The molecule has 0 heterocycles. The number of nitrogens with one attached hydrogen (secondary N) is 1. The van der Waals surface area contributed by atoms with E-state index in [1.54, 1.807) is 6.07 Å². The van der Waals surface area contributed by atoms with Crippen molar-refractivity contribution in [3.05, 3.63) is 34.6 Å². The first-order valence-corrected chi connectivity index (χ1v) is 6.66. The lowest BCUT2D eigenvalue weighted by atomic mass is 9.82. The summed E-state index contributed by atoms with van der Waals surface area (Å²) in [5.74, 6) is -0.357. The highest BCUT2D eigenvalue weighted by molar-refractivity contribution is 6.31. The monoisotopic (exact) mass is 271 g/mol. The molecule has 0 aliphatic carbocycles. The molecule has 1 nitrogen and oxygen atoms in total. The molecule has 1 aromatic rings. The van der Waals surface area contributed by atoms with Crippen LogP contribution in [0, 0.1) is 11.2 Å². The first-order chi connectivity index (χ1) is 8.11. The van der Waals surface area contributed by atoms with Gasteiger partial charge in [0.25, 0.3) is 0 Å². The second-order valence-corrected chi connectivity index (χ2v) is 7.07. The summed E-state index contributed by atoms with van der Waals surface area (Å²) in [4.78, 5) is 0. The number of hydrogen-bond donors (Lipinski definition) is 1. The molecule has 0 spiro atoms. The van der Waals surface area contributed by atoms with Crippen molar-refractivity contribution in [2.24, 2.45) is 5.41 Å². The quantitative estimate of drug-likeness (QED) is 0.831. The van der Waals surface area contributed by atoms with Crippen LogP contribution in [0.1, 0.15) is 46.6 Å². The fraction of sp³-hybridized carbons (Fsp3) is 0.600. The predicted molar refractivity (Wildman–Crippen MR) is 76.4 cm³/mol. The zero-order valence-corrected chi connectivity index (χ0v) is 12.7. The molecule has 102 valence electrons. The summed E-state index contributed by atoms with van der Waals surface area (Å²) in [6, 6.07) is 4.92. The first-order valence-electron chi connectivity index (χ1n) is 6.29. The van der Waals surface area contributed by atoms with Gasteiger partial charge in [-0.3, -0.25) is 0 Å². The van der Waals surface area contributed by atoms with Gasteiger partial charge < -0.3 is 5.32 Å². The van der Waals surface area contributed by atoms with Crippen LogP contribution in [-0.4, -0.2) is 5.54 Å². The average molecular weight is 272 g/mol. The molecule has 0 aliphatic heterocycles. The Labute approximate surface area is 115 Å². The van der Waals surface area contributed by atoms with Gasteiger partial charge >= 0.3 is 0 Å². The molecule has 0 radical (unpaired) electrons. The molecule has 0 fully saturated rings. The van der Waals surface area contributed by atoms with E-state index in [0.717, 1.165) is 12.0 Å². The number of hydrogen-bond acceptors (Lipinski definition) is 1. The van der Waals surface area contributed by atoms with Crippen molar-refractivity contribution in [2.45, 2.75) is 53.1 Å². The highest BCUT2D eigenvalue weighted by Gasteiger charge is 2.25. The second kappa shape index (κ2) is 5.58. The third kappa shape index (κ3) is 4.95. The van der Waals surface area contributed by atoms with Crippen LogP contribution in [0.25, 0.3) is 0 Å². The molecule has 0 amide bonds. The van der Waals surface area contributed by atoms with E-state index in [1.165, 1.54) is 6.07 Å². The van der Waals surface area contributed by atoms with Crippen molar-refractivity contribution in [2.75, 3.05) is 0 Å². The van der Waals surface area contributed by atoms with Crippen LogP contribution in [0.5, 0.6) is 0 Å². The van der Waals surface area contributed by atoms with Crippen LogP contribution in [-0.2, 0) is 6.54 Å². The normalized spacial score (nSPS) is 12.8. The van der Waals surface area contributed by atoms with E-state index in [9.17, 15) is 4.39 Å². The molecule has 1 N–H and O–H groups in total. The summed E-state index contributed by atoms with van der Waals surface area (Å²) < 4.78 is 13.3. The molecule has 1 aromatic carbocycles. The van der Waals surface area contributed by atoms with Gasteiger partial charge in [-0.25, -0.2) is 4.39 Å². The van der Waals surface area contributed by atoms with E-state index in [0.29, 0.717) is 6.54 Å². The molecule has 0 saturated carbocycles. The minimum absolute atomic E-state index is 0.00606. The fourth-order valence-electron chi connectivity index (χ4n) is 2.41. The molecule has 3 heteroatoms. The van der Waals surface area contributed by atoms with E-state index in [1.807, 2.05) is 6.07 Å². The molecule has 18 heavy (non-hydrogen) atoms. The largest absolute Gasteiger partial charge is 0.308 e. The minimum atomic E-state index is -0.357. The van der Waals surface area contributed by atoms with Crippen molar-refractivity contribution >= 4 is 11.6 Å². The summed E-state index contributed by atoms with van der Waals surface area (Å²) in [5, 5.41) is 3.67. The Morgan fingerprint density at radius 2 is 1.78 bits per heavy atom. The zero-order valence-electron chi connectivity index (χ0n) is 11.9. The van der Waals surface area contributed by atoms with Crippen LogP contribution in [0.2, 0.25) is 5.02 Å². The fourth-order valence-corrected chi connectivity index (χ4v) is 2.60. The standard InChI is InChI=1S/C15H23ClFN/c1-14(2,3)10-15(4,5)18-9-11-7-6-8-12(17)13(11)16/h6-8,18H,9-10H2,1-5H3. The Kier molecular flexibility index (Phi) is 4.79. The summed E-state index contributed by atoms with van der Waals surface area (Å²) in [5.41, 5.74) is 1.05. The molecule has 0 bridgehead atoms. The van der Waals surface area contributed by atoms with Gasteiger partial charge in [0.2, 0.25) is 0 Å². The maximum atomic E-state index is 13.3. The van der Waals surface area contributed by atoms with Crippen LogP contribution in [0.4, 0.5) is 4.39 Å². The maximum Gasteiger partial charge on any atom is 0.142 e. The lowest BCUT2D eigenvalue weighted by Gasteiger charge is -2.33. The van der Waals surface area contributed by atoms with Crippen molar-refractivity contribution < 1.29 is 4.39 Å². The van der Waals surface area contributed by atoms with Crippen LogP contribution in [0.3, 0.4) is 0 Å². The Morgan fingerprint density at radius 3 is 2.33 bits per heavy atom. The van der Waals surface area contributed by atoms with Crippen molar-refractivity contribution in [3.63, 3.8) is 0 Å². The van der Waals surface area contributed by atoms with Gasteiger partial charge in [0.05, 0.1) is 5.02 Å². The zero-order chi connectivity index (χ0) is 14.0. The van der Waals surface area contributed by atoms with Crippen LogP contribution >= 0.6 is 11.6 Å². The van der Waals surface area contributed by atoms with Crippen molar-refractivity contribution in [1.29, 1.82) is 0 Å². The number of halogens is 2. The third-order valence-corrected chi connectivity index (χ3v) is 3.18. The molecule has 1 rings (SSSR count). The Balaban J connectivity index is 2.67. The Bertz CT molecular complexity index is 407. The SMILES string of the molecule is CC(C)(C)CC(C)(C)NCc1cccc(F)c1Cl. The second-order valence-electron chi connectivity index (χ2n) is 6.69. The van der Waals surface area contributed by atoms with Gasteiger partial charge in [0, 0.05) is 12.1 Å². The average Bonchev–Trinajstić information content (AvgIpc) is 2.17. The highest BCUT2D eigenvalue weighted by atomic mass is 35.5. The van der Waals surface area contributed by atoms with E-state index < -0.39 is 0 Å². The van der Waals surface area contributed by atoms with E-state index in [2.05, 4.69) is 39.9 Å². The summed E-state index contributed by atoms with van der Waals surface area (Å²) in [6.45, 7) is 11.5. The molecular weight excluding hydrogens is 249 g/mol. The lowest BCUT2D eigenvalue weighted by molar-refractivity contribution is 0.240. The van der Waals surface area contributed by atoms with Crippen molar-refractivity contribution in [3.8, 4) is 0 Å². The van der Waals surface area contributed by atoms with Gasteiger partial charge in [0.1, 0.15) is 5.82 Å². The summed E-state index contributed by atoms with van der Waals surface area (Å²) in [7, 11) is 0. The minimum Gasteiger partial charge on any atom is -0.308 e. The number of benzene rings is 1. The van der Waals surface area contributed by atoms with Gasteiger partial charge in [-0.15, -0.1) is 0 Å². The summed E-state index contributed by atoms with van der Waals surface area (Å²) in [6.07, 6.45) is 1.03. The maximum absolute atomic E-state index is 13.3. The van der Waals surface area contributed by atoms with Crippen LogP contribution < -0.4 is 5.32 Å². The van der Waals surface area contributed by atoms with Gasteiger partial charge in [-0.1, -0.05) is 44.5 Å². The van der Waals surface area contributed by atoms with Gasteiger partial charge in [-0.05, 0) is 37.3 Å². The molecular formula is C15H23ClFN.